The van der Waals surface area contributed by atoms with Crippen LogP contribution in [0.25, 0.3) is 11.0 Å². The van der Waals surface area contributed by atoms with Gasteiger partial charge in [-0.3, -0.25) is 4.79 Å². The molecule has 0 aliphatic carbocycles. The second-order valence-electron chi connectivity index (χ2n) is 9.26. The predicted octanol–water partition coefficient (Wildman–Crippen LogP) is 6.75. The molecule has 184 valence electrons. The first kappa shape index (κ1) is 25.0. The number of rotatable bonds is 12. The number of fused-ring (bicyclic) bond motifs is 1. The van der Waals surface area contributed by atoms with Crippen LogP contribution in [0.4, 0.5) is 0 Å². The van der Waals surface area contributed by atoms with Gasteiger partial charge < -0.3 is 14.6 Å². The van der Waals surface area contributed by atoms with Crippen molar-refractivity contribution >= 4 is 28.3 Å². The Morgan fingerprint density at radius 2 is 1.94 bits per heavy atom. The molecule has 5 nitrogen and oxygen atoms in total. The summed E-state index contributed by atoms with van der Waals surface area (Å²) in [7, 11) is 0. The van der Waals surface area contributed by atoms with Gasteiger partial charge in [0.1, 0.15) is 11.6 Å². The first-order valence-corrected chi connectivity index (χ1v) is 13.4. The number of hydrogen-bond donors (Lipinski definition) is 1. The molecule has 2 aromatic carbocycles. The van der Waals surface area contributed by atoms with Crippen LogP contribution in [0.3, 0.4) is 0 Å². The van der Waals surface area contributed by atoms with Crippen molar-refractivity contribution in [2.45, 2.75) is 58.9 Å². The zero-order valence-electron chi connectivity index (χ0n) is 20.9. The Morgan fingerprint density at radius 1 is 1.09 bits per heavy atom. The summed E-state index contributed by atoms with van der Waals surface area (Å²) < 4.78 is 8.52. The quantitative estimate of drug-likeness (QED) is 0.224. The highest BCUT2D eigenvalue weighted by molar-refractivity contribution is 7.12. The third-order valence-electron chi connectivity index (χ3n) is 6.17. The van der Waals surface area contributed by atoms with E-state index in [-0.39, 0.29) is 5.91 Å². The average molecular weight is 490 g/mol. The number of aryl methyl sites for hydroxylation is 3. The number of nitrogens with one attached hydrogen (secondary N) is 1. The van der Waals surface area contributed by atoms with Gasteiger partial charge in [0.05, 0.1) is 22.5 Å². The van der Waals surface area contributed by atoms with Crippen molar-refractivity contribution in [1.29, 1.82) is 0 Å². The molecule has 4 aromatic rings. The van der Waals surface area contributed by atoms with Crippen molar-refractivity contribution in [3.63, 3.8) is 0 Å². The van der Waals surface area contributed by atoms with Crippen molar-refractivity contribution in [3.05, 3.63) is 81.8 Å². The van der Waals surface area contributed by atoms with Crippen LogP contribution in [0.1, 0.15) is 65.7 Å². The van der Waals surface area contributed by atoms with Gasteiger partial charge in [-0.15, -0.1) is 11.3 Å². The SMILES string of the molecule is Cc1ccc(C(C)C)c(OCCCCn2c(CCCNC(=O)c3cccs3)nc3ccccc32)c1. The van der Waals surface area contributed by atoms with Gasteiger partial charge in [0, 0.05) is 19.5 Å². The van der Waals surface area contributed by atoms with Gasteiger partial charge in [-0.1, -0.05) is 44.2 Å². The van der Waals surface area contributed by atoms with Crippen molar-refractivity contribution in [1.82, 2.24) is 14.9 Å². The summed E-state index contributed by atoms with van der Waals surface area (Å²) in [5.41, 5.74) is 4.70. The van der Waals surface area contributed by atoms with Crippen LogP contribution in [-0.4, -0.2) is 28.6 Å². The average Bonchev–Trinajstić information content (AvgIpc) is 3.50. The maximum Gasteiger partial charge on any atom is 0.261 e. The fraction of sp³-hybridized carbons (Fsp3) is 0.379. The van der Waals surface area contributed by atoms with Crippen LogP contribution in [-0.2, 0) is 13.0 Å². The number of para-hydroxylation sites is 2. The van der Waals surface area contributed by atoms with E-state index in [1.807, 2.05) is 23.6 Å². The summed E-state index contributed by atoms with van der Waals surface area (Å²) in [4.78, 5) is 17.8. The molecule has 4 rings (SSSR count). The molecule has 6 heteroatoms. The molecular weight excluding hydrogens is 454 g/mol. The molecule has 2 aromatic heterocycles. The summed E-state index contributed by atoms with van der Waals surface area (Å²) in [5, 5.41) is 4.94. The Kier molecular flexibility index (Phi) is 8.59. The van der Waals surface area contributed by atoms with E-state index in [1.165, 1.54) is 28.0 Å². The van der Waals surface area contributed by atoms with E-state index in [2.05, 4.69) is 67.1 Å². The molecule has 1 N–H and O–H groups in total. The zero-order valence-corrected chi connectivity index (χ0v) is 21.7. The molecule has 0 spiro atoms. The second-order valence-corrected chi connectivity index (χ2v) is 10.2. The highest BCUT2D eigenvalue weighted by atomic mass is 32.1. The number of nitrogens with zero attached hydrogens (tertiary/aromatic N) is 2. The normalized spacial score (nSPS) is 11.3. The number of thiophene rings is 1. The highest BCUT2D eigenvalue weighted by Gasteiger charge is 2.12. The highest BCUT2D eigenvalue weighted by Crippen LogP contribution is 2.27. The van der Waals surface area contributed by atoms with Crippen molar-refractivity contribution < 1.29 is 9.53 Å². The van der Waals surface area contributed by atoms with Gasteiger partial charge in [0.2, 0.25) is 0 Å². The van der Waals surface area contributed by atoms with Crippen molar-refractivity contribution in [3.8, 4) is 5.75 Å². The fourth-order valence-electron chi connectivity index (χ4n) is 4.31. The Bertz CT molecular complexity index is 1240. The number of hydrogen-bond acceptors (Lipinski definition) is 4. The van der Waals surface area contributed by atoms with E-state index in [0.29, 0.717) is 19.1 Å². The Hall–Kier alpha value is -3.12. The fourth-order valence-corrected chi connectivity index (χ4v) is 4.95. The first-order chi connectivity index (χ1) is 17.0. The lowest BCUT2D eigenvalue weighted by atomic mass is 10.0. The zero-order chi connectivity index (χ0) is 24.6. The Morgan fingerprint density at radius 3 is 2.74 bits per heavy atom. The number of unbranched alkanes of at least 4 members (excludes halogenated alkanes) is 1. The van der Waals surface area contributed by atoms with E-state index in [1.54, 1.807) is 0 Å². The molecule has 0 saturated heterocycles. The summed E-state index contributed by atoms with van der Waals surface area (Å²) in [6, 6.07) is 18.6. The number of benzene rings is 2. The minimum Gasteiger partial charge on any atom is -0.493 e. The van der Waals surface area contributed by atoms with E-state index < -0.39 is 0 Å². The van der Waals surface area contributed by atoms with Crippen LogP contribution < -0.4 is 10.1 Å². The number of imidazole rings is 1. The summed E-state index contributed by atoms with van der Waals surface area (Å²) in [6.45, 7) is 8.78. The largest absolute Gasteiger partial charge is 0.493 e. The van der Waals surface area contributed by atoms with Crippen LogP contribution in [0, 0.1) is 6.92 Å². The lowest BCUT2D eigenvalue weighted by molar-refractivity contribution is 0.0957. The number of carbonyl (C=O) groups excluding carboxylic acids is 1. The Balaban J connectivity index is 1.31. The molecule has 0 aliphatic heterocycles. The van der Waals surface area contributed by atoms with Gasteiger partial charge in [-0.2, -0.15) is 0 Å². The van der Waals surface area contributed by atoms with E-state index in [4.69, 9.17) is 9.72 Å². The number of ether oxygens (including phenoxy) is 1. The van der Waals surface area contributed by atoms with Gasteiger partial charge in [-0.05, 0) is 72.9 Å². The molecule has 0 aliphatic rings. The maximum absolute atomic E-state index is 12.2. The molecule has 1 amide bonds. The maximum atomic E-state index is 12.2. The molecule has 0 unspecified atom stereocenters. The lowest BCUT2D eigenvalue weighted by Gasteiger charge is -2.15. The van der Waals surface area contributed by atoms with Crippen molar-refractivity contribution in [2.24, 2.45) is 0 Å². The minimum absolute atomic E-state index is 0.00253. The topological polar surface area (TPSA) is 56.1 Å². The Labute approximate surface area is 212 Å². The molecule has 2 heterocycles. The second kappa shape index (κ2) is 12.0. The van der Waals surface area contributed by atoms with Gasteiger partial charge in [0.25, 0.3) is 5.91 Å². The third kappa shape index (κ3) is 6.51. The molecule has 0 saturated carbocycles. The summed E-state index contributed by atoms with van der Waals surface area (Å²) >= 11 is 1.47. The molecule has 0 atom stereocenters. The number of carbonyl (C=O) groups is 1. The molecular formula is C29H35N3O2S. The molecule has 0 fully saturated rings. The standard InChI is InChI=1S/C29H35N3O2S/c1-21(2)23-15-14-22(3)20-26(23)34-18-7-6-17-32-25-11-5-4-10-24(25)31-28(32)13-8-16-30-29(33)27-12-9-19-35-27/h4-5,9-12,14-15,19-21H,6-8,13,16-18H2,1-3H3,(H,30,33). The van der Waals surface area contributed by atoms with Crippen LogP contribution in [0.2, 0.25) is 0 Å². The number of aromatic nitrogens is 2. The van der Waals surface area contributed by atoms with Gasteiger partial charge in [0.15, 0.2) is 0 Å². The monoisotopic (exact) mass is 489 g/mol. The smallest absolute Gasteiger partial charge is 0.261 e. The van der Waals surface area contributed by atoms with E-state index in [9.17, 15) is 4.79 Å². The molecule has 0 radical (unpaired) electrons. The van der Waals surface area contributed by atoms with Crippen LogP contribution in [0.15, 0.2) is 60.0 Å². The minimum atomic E-state index is 0.00253. The van der Waals surface area contributed by atoms with Gasteiger partial charge in [-0.25, -0.2) is 4.98 Å². The van der Waals surface area contributed by atoms with Crippen molar-refractivity contribution in [2.75, 3.05) is 13.2 Å². The van der Waals surface area contributed by atoms with E-state index >= 15 is 0 Å². The van der Waals surface area contributed by atoms with E-state index in [0.717, 1.165) is 54.2 Å². The first-order valence-electron chi connectivity index (χ1n) is 12.5. The van der Waals surface area contributed by atoms with Gasteiger partial charge >= 0.3 is 0 Å². The molecule has 35 heavy (non-hydrogen) atoms. The molecule has 0 bridgehead atoms. The van der Waals surface area contributed by atoms with Crippen LogP contribution in [0.5, 0.6) is 5.75 Å². The summed E-state index contributed by atoms with van der Waals surface area (Å²) in [6.07, 6.45) is 3.69. The lowest BCUT2D eigenvalue weighted by Crippen LogP contribution is -2.24. The summed E-state index contributed by atoms with van der Waals surface area (Å²) in [5.74, 6) is 2.54. The third-order valence-corrected chi connectivity index (χ3v) is 7.03. The predicted molar refractivity (Wildman–Crippen MR) is 145 cm³/mol. The number of amides is 1. The van der Waals surface area contributed by atoms with Crippen LogP contribution >= 0.6 is 11.3 Å².